The Morgan fingerprint density at radius 2 is 1.66 bits per heavy atom. The highest BCUT2D eigenvalue weighted by Crippen LogP contribution is 2.63. The third-order valence-electron chi connectivity index (χ3n) is 6.14. The van der Waals surface area contributed by atoms with Crippen LogP contribution in [0.15, 0.2) is 63.7 Å². The summed E-state index contributed by atoms with van der Waals surface area (Å²) in [5.41, 5.74) is -1.91. The molecule has 0 radical (unpaired) electrons. The zero-order valence-electron chi connectivity index (χ0n) is 15.6. The Kier molecular flexibility index (Phi) is 3.43. The van der Waals surface area contributed by atoms with Gasteiger partial charge in [0.2, 0.25) is 0 Å². The van der Waals surface area contributed by atoms with E-state index in [9.17, 15) is 19.2 Å². The summed E-state index contributed by atoms with van der Waals surface area (Å²) < 4.78 is 13.6. The van der Waals surface area contributed by atoms with Crippen LogP contribution < -0.4 is 11.4 Å². The van der Waals surface area contributed by atoms with E-state index in [2.05, 4.69) is 0 Å². The molecule has 0 N–H and O–H groups in total. The Hall–Kier alpha value is -3.62. The number of carbonyl (C=O) groups excluding carboxylic acids is 2. The van der Waals surface area contributed by atoms with E-state index < -0.39 is 46.7 Å². The summed E-state index contributed by atoms with van der Waals surface area (Å²) in [7, 11) is 2.46. The first-order valence-corrected chi connectivity index (χ1v) is 9.07. The molecule has 2 bridgehead atoms. The van der Waals surface area contributed by atoms with Crippen molar-refractivity contribution in [2.75, 3.05) is 14.2 Å². The van der Waals surface area contributed by atoms with E-state index in [1.807, 2.05) is 0 Å². The highest BCUT2D eigenvalue weighted by atomic mass is 16.5. The molecular formula is C20H17N3O6. The van der Waals surface area contributed by atoms with Crippen LogP contribution in [0.4, 0.5) is 0 Å². The van der Waals surface area contributed by atoms with Crippen LogP contribution in [0.3, 0.4) is 0 Å². The number of rotatable bonds is 3. The van der Waals surface area contributed by atoms with Gasteiger partial charge < -0.3 is 9.47 Å². The van der Waals surface area contributed by atoms with Crippen LogP contribution in [0.25, 0.3) is 5.69 Å². The van der Waals surface area contributed by atoms with Crippen molar-refractivity contribution in [1.82, 2.24) is 13.9 Å². The van der Waals surface area contributed by atoms with Gasteiger partial charge in [-0.3, -0.25) is 4.79 Å². The highest BCUT2D eigenvalue weighted by Gasteiger charge is 2.69. The van der Waals surface area contributed by atoms with Gasteiger partial charge in [-0.15, -0.1) is 0 Å². The summed E-state index contributed by atoms with van der Waals surface area (Å²) >= 11 is 0. The second-order valence-electron chi connectivity index (χ2n) is 7.20. The number of benzene rings is 1. The van der Waals surface area contributed by atoms with Gasteiger partial charge in [0, 0.05) is 5.92 Å². The van der Waals surface area contributed by atoms with Crippen LogP contribution >= 0.6 is 0 Å². The molecule has 9 heteroatoms. The van der Waals surface area contributed by atoms with Gasteiger partial charge >= 0.3 is 23.3 Å². The molecule has 3 heterocycles. The maximum Gasteiger partial charge on any atom is 0.352 e. The second-order valence-corrected chi connectivity index (χ2v) is 7.20. The molecule has 1 aromatic carbocycles. The molecule has 1 aromatic heterocycles. The number of hydrogen-bond donors (Lipinski definition) is 0. The number of hydrogen-bond acceptors (Lipinski definition) is 6. The summed E-state index contributed by atoms with van der Waals surface area (Å²) in [6, 6.07) is 7.08. The van der Waals surface area contributed by atoms with E-state index in [0.29, 0.717) is 5.69 Å². The predicted molar refractivity (Wildman–Crippen MR) is 99.5 cm³/mol. The number of esters is 2. The summed E-state index contributed by atoms with van der Waals surface area (Å²) in [6.07, 6.45) is 5.10. The third-order valence-corrected chi connectivity index (χ3v) is 6.14. The Bertz CT molecular complexity index is 1230. The van der Waals surface area contributed by atoms with E-state index in [4.69, 9.17) is 9.47 Å². The lowest BCUT2D eigenvalue weighted by Crippen LogP contribution is -2.64. The first kappa shape index (κ1) is 17.5. The quantitative estimate of drug-likeness (QED) is 0.549. The summed E-state index contributed by atoms with van der Waals surface area (Å²) in [6.45, 7) is 0. The number of aromatic nitrogens is 3. The van der Waals surface area contributed by atoms with E-state index in [1.54, 1.807) is 48.6 Å². The van der Waals surface area contributed by atoms with Crippen molar-refractivity contribution in [2.45, 2.75) is 12.1 Å². The molecule has 0 fully saturated rings. The Morgan fingerprint density at radius 1 is 0.966 bits per heavy atom. The van der Waals surface area contributed by atoms with Gasteiger partial charge in [-0.2, -0.15) is 0 Å². The number of allylic oxidation sites excluding steroid dienone is 3. The number of carbonyl (C=O) groups is 2. The molecule has 4 unspecified atom stereocenters. The first-order chi connectivity index (χ1) is 14.0. The van der Waals surface area contributed by atoms with Crippen LogP contribution in [0.2, 0.25) is 0 Å². The van der Waals surface area contributed by atoms with Crippen LogP contribution in [-0.4, -0.2) is 40.1 Å². The number of para-hydroxylation sites is 1. The molecule has 2 aliphatic heterocycles. The molecule has 2 aromatic rings. The second kappa shape index (κ2) is 5.69. The number of nitrogens with zero attached hydrogens (tertiary/aromatic N) is 3. The van der Waals surface area contributed by atoms with Crippen LogP contribution in [0.1, 0.15) is 12.1 Å². The maximum absolute atomic E-state index is 13.3. The first-order valence-electron chi connectivity index (χ1n) is 9.07. The van der Waals surface area contributed by atoms with Gasteiger partial charge in [0.25, 0.3) is 0 Å². The Balaban J connectivity index is 1.78. The minimum absolute atomic E-state index is 0.147. The molecule has 0 saturated carbocycles. The molecule has 4 atom stereocenters. The Labute approximate surface area is 164 Å². The van der Waals surface area contributed by atoms with Crippen molar-refractivity contribution in [2.24, 2.45) is 11.3 Å². The molecule has 0 amide bonds. The standard InChI is InChI=1S/C20H17N3O6/c1-28-16(24)13-10-12-14-8-9-15(20(12,13)17(25)29-2)23-19(27)21(18(26)22(14)23)11-6-4-3-5-7-11/h3-10,12,14-15H,1-2H3. The molecule has 6 rings (SSSR count). The lowest BCUT2D eigenvalue weighted by molar-refractivity contribution is -0.166. The number of methoxy groups -OCH3 is 2. The molecule has 29 heavy (non-hydrogen) atoms. The highest BCUT2D eigenvalue weighted by molar-refractivity contribution is 6.02. The average molecular weight is 395 g/mol. The number of ether oxygens (including phenoxy) is 2. The smallest absolute Gasteiger partial charge is 0.352 e. The molecular weight excluding hydrogens is 378 g/mol. The summed E-state index contributed by atoms with van der Waals surface area (Å²) in [4.78, 5) is 51.7. The molecule has 148 valence electrons. The zero-order chi connectivity index (χ0) is 20.5. The van der Waals surface area contributed by atoms with Crippen LogP contribution in [-0.2, 0) is 19.1 Å². The van der Waals surface area contributed by atoms with Gasteiger partial charge in [0.1, 0.15) is 5.41 Å². The maximum atomic E-state index is 13.3. The van der Waals surface area contributed by atoms with Crippen LogP contribution in [0, 0.1) is 11.3 Å². The average Bonchev–Trinajstić information content (AvgIpc) is 3.00. The molecule has 9 nitrogen and oxygen atoms in total. The molecule has 4 aliphatic rings. The predicted octanol–water partition coefficient (Wildman–Crippen LogP) is 0.355. The third kappa shape index (κ3) is 1.84. The van der Waals surface area contributed by atoms with E-state index in [0.717, 1.165) is 4.57 Å². The van der Waals surface area contributed by atoms with E-state index in [-0.39, 0.29) is 5.57 Å². The van der Waals surface area contributed by atoms with Crippen molar-refractivity contribution in [3.63, 3.8) is 0 Å². The van der Waals surface area contributed by atoms with E-state index in [1.165, 1.54) is 23.6 Å². The van der Waals surface area contributed by atoms with Crippen molar-refractivity contribution >= 4 is 11.9 Å². The van der Waals surface area contributed by atoms with Crippen molar-refractivity contribution in [3.8, 4) is 5.69 Å². The van der Waals surface area contributed by atoms with Gasteiger partial charge in [-0.25, -0.2) is 28.3 Å². The fourth-order valence-electron chi connectivity index (χ4n) is 4.93. The van der Waals surface area contributed by atoms with Gasteiger partial charge in [-0.1, -0.05) is 36.4 Å². The van der Waals surface area contributed by atoms with Gasteiger partial charge in [0.05, 0.1) is 37.6 Å². The minimum Gasteiger partial charge on any atom is -0.468 e. The van der Waals surface area contributed by atoms with E-state index >= 15 is 0 Å². The summed E-state index contributed by atoms with van der Waals surface area (Å²) in [5.74, 6) is -1.79. The monoisotopic (exact) mass is 395 g/mol. The Morgan fingerprint density at radius 3 is 2.31 bits per heavy atom. The zero-order valence-corrected chi connectivity index (χ0v) is 15.6. The fraction of sp³-hybridized carbons (Fsp3) is 0.300. The topological polar surface area (TPSA) is 102 Å². The normalized spacial score (nSPS) is 28.1. The van der Waals surface area contributed by atoms with Gasteiger partial charge in [-0.05, 0) is 12.1 Å². The molecule has 0 saturated heterocycles. The van der Waals surface area contributed by atoms with Crippen molar-refractivity contribution in [1.29, 1.82) is 0 Å². The lowest BCUT2D eigenvalue weighted by atomic mass is 9.51. The minimum atomic E-state index is -1.40. The van der Waals surface area contributed by atoms with Crippen molar-refractivity contribution < 1.29 is 19.1 Å². The summed E-state index contributed by atoms with van der Waals surface area (Å²) in [5, 5.41) is 0. The van der Waals surface area contributed by atoms with Gasteiger partial charge in [0.15, 0.2) is 0 Å². The molecule has 0 spiro atoms. The lowest BCUT2D eigenvalue weighted by Gasteiger charge is -2.56. The largest absolute Gasteiger partial charge is 0.468 e. The van der Waals surface area contributed by atoms with Crippen molar-refractivity contribution in [3.05, 3.63) is 75.1 Å². The fourth-order valence-corrected chi connectivity index (χ4v) is 4.93. The molecule has 2 aliphatic carbocycles. The van der Waals surface area contributed by atoms with Crippen LogP contribution in [0.5, 0.6) is 0 Å². The SMILES string of the molecule is COC(=O)C1=CC2C3C=CC(n4c(=O)n(-c5ccccc5)c(=O)n43)C12C(=O)OC.